The second kappa shape index (κ2) is 5.85. The second-order valence-electron chi connectivity index (χ2n) is 3.91. The van der Waals surface area contributed by atoms with E-state index in [-0.39, 0.29) is 6.42 Å². The van der Waals surface area contributed by atoms with Crippen molar-refractivity contribution in [1.29, 1.82) is 0 Å². The number of thiazole rings is 1. The molecule has 1 heterocycles. The lowest BCUT2D eigenvalue weighted by atomic mass is 10.1. The van der Waals surface area contributed by atoms with E-state index in [2.05, 4.69) is 10.3 Å². The maximum atomic E-state index is 13.0. The zero-order valence-electron chi connectivity index (χ0n) is 9.77. The minimum atomic E-state index is -0.898. The first-order chi connectivity index (χ1) is 9.04. The molecule has 2 aromatic rings. The highest BCUT2D eigenvalue weighted by Crippen LogP contribution is 2.12. The fourth-order valence-electron chi connectivity index (χ4n) is 1.56. The number of aromatic nitrogens is 1. The molecule has 100 valence electrons. The maximum absolute atomic E-state index is 13.0. The van der Waals surface area contributed by atoms with E-state index in [4.69, 9.17) is 5.73 Å². The molecule has 4 nitrogen and oxygen atoms in total. The molecule has 2 rings (SSSR count). The van der Waals surface area contributed by atoms with Crippen molar-refractivity contribution in [2.24, 2.45) is 5.73 Å². The van der Waals surface area contributed by atoms with Gasteiger partial charge >= 0.3 is 0 Å². The van der Waals surface area contributed by atoms with Crippen LogP contribution < -0.4 is 11.1 Å². The van der Waals surface area contributed by atoms with Crippen molar-refractivity contribution in [3.63, 3.8) is 0 Å². The summed E-state index contributed by atoms with van der Waals surface area (Å²) in [7, 11) is 0. The van der Waals surface area contributed by atoms with Gasteiger partial charge in [-0.05, 0) is 24.1 Å². The Bertz CT molecular complexity index is 554. The summed E-state index contributed by atoms with van der Waals surface area (Å²) in [5, 5.41) is 4.67. The van der Waals surface area contributed by atoms with Crippen molar-refractivity contribution in [2.45, 2.75) is 12.5 Å². The van der Waals surface area contributed by atoms with E-state index in [1.54, 1.807) is 11.6 Å². The van der Waals surface area contributed by atoms with Crippen LogP contribution >= 0.6 is 11.3 Å². The van der Waals surface area contributed by atoms with Crippen molar-refractivity contribution >= 4 is 22.4 Å². The monoisotopic (exact) mass is 283 g/mol. The Kier molecular flexibility index (Phi) is 4.18. The average molecular weight is 283 g/mol. The molecule has 0 aliphatic rings. The molecule has 1 aromatic carbocycles. The summed E-state index contributed by atoms with van der Waals surface area (Å²) < 4.78 is 26.0. The molecule has 1 amide bonds. The SMILES string of the molecule is N[C@@H](Cc1cc(F)cc(F)c1)C(=O)Nc1nccs1. The van der Waals surface area contributed by atoms with Crippen LogP contribution in [0.3, 0.4) is 0 Å². The minimum absolute atomic E-state index is 0.0475. The van der Waals surface area contributed by atoms with E-state index in [1.807, 2.05) is 0 Å². The highest BCUT2D eigenvalue weighted by atomic mass is 32.1. The second-order valence-corrected chi connectivity index (χ2v) is 4.81. The van der Waals surface area contributed by atoms with Gasteiger partial charge in [0.05, 0.1) is 6.04 Å². The quantitative estimate of drug-likeness (QED) is 0.901. The fraction of sp³-hybridized carbons (Fsp3) is 0.167. The number of benzene rings is 1. The van der Waals surface area contributed by atoms with Crippen LogP contribution in [0.5, 0.6) is 0 Å². The van der Waals surface area contributed by atoms with Crippen LogP contribution in [-0.2, 0) is 11.2 Å². The molecule has 1 atom stereocenters. The number of carbonyl (C=O) groups excluding carboxylic acids is 1. The molecular formula is C12H11F2N3OS. The van der Waals surface area contributed by atoms with E-state index in [9.17, 15) is 13.6 Å². The van der Waals surface area contributed by atoms with E-state index >= 15 is 0 Å². The number of nitrogens with zero attached hydrogens (tertiary/aromatic N) is 1. The number of rotatable bonds is 4. The first kappa shape index (κ1) is 13.6. The van der Waals surface area contributed by atoms with Crippen LogP contribution in [0.2, 0.25) is 0 Å². The van der Waals surface area contributed by atoms with Crippen LogP contribution in [0.25, 0.3) is 0 Å². The lowest BCUT2D eigenvalue weighted by Crippen LogP contribution is -2.37. The Balaban J connectivity index is 2.00. The molecule has 0 saturated carbocycles. The Morgan fingerprint density at radius 3 is 2.63 bits per heavy atom. The fourth-order valence-corrected chi connectivity index (χ4v) is 2.09. The predicted octanol–water partition coefficient (Wildman–Crippen LogP) is 1.93. The van der Waals surface area contributed by atoms with Crippen molar-refractivity contribution in [3.05, 3.63) is 47.0 Å². The number of nitrogens with two attached hydrogens (primary N) is 1. The number of amides is 1. The highest BCUT2D eigenvalue weighted by Gasteiger charge is 2.16. The third kappa shape index (κ3) is 3.80. The molecule has 0 bridgehead atoms. The Hall–Kier alpha value is -1.86. The summed E-state index contributed by atoms with van der Waals surface area (Å²) in [4.78, 5) is 15.6. The first-order valence-corrected chi connectivity index (χ1v) is 6.33. The summed E-state index contributed by atoms with van der Waals surface area (Å²) in [5.41, 5.74) is 6.02. The van der Waals surface area contributed by atoms with Gasteiger partial charge in [-0.15, -0.1) is 11.3 Å². The van der Waals surface area contributed by atoms with Crippen molar-refractivity contribution in [1.82, 2.24) is 4.98 Å². The predicted molar refractivity (Wildman–Crippen MR) is 68.8 cm³/mol. The summed E-state index contributed by atoms with van der Waals surface area (Å²) in [6, 6.07) is 2.18. The zero-order valence-corrected chi connectivity index (χ0v) is 10.6. The first-order valence-electron chi connectivity index (χ1n) is 5.45. The molecule has 19 heavy (non-hydrogen) atoms. The number of carbonyl (C=O) groups is 1. The molecule has 1 aromatic heterocycles. The average Bonchev–Trinajstić information content (AvgIpc) is 2.80. The third-order valence-electron chi connectivity index (χ3n) is 2.38. The summed E-state index contributed by atoms with van der Waals surface area (Å²) in [6.45, 7) is 0. The summed E-state index contributed by atoms with van der Waals surface area (Å²) >= 11 is 1.26. The number of hydrogen-bond donors (Lipinski definition) is 2. The normalized spacial score (nSPS) is 12.2. The van der Waals surface area contributed by atoms with Crippen LogP contribution in [0.1, 0.15) is 5.56 Å². The molecule has 3 N–H and O–H groups in total. The number of anilines is 1. The molecular weight excluding hydrogens is 272 g/mol. The van der Waals surface area contributed by atoms with Gasteiger partial charge in [-0.3, -0.25) is 4.79 Å². The van der Waals surface area contributed by atoms with Crippen LogP contribution in [0.4, 0.5) is 13.9 Å². The number of halogens is 2. The lowest BCUT2D eigenvalue weighted by Gasteiger charge is -2.11. The standard InChI is InChI=1S/C12H11F2N3OS/c13-8-3-7(4-9(14)6-8)5-10(15)11(18)17-12-16-1-2-19-12/h1-4,6,10H,5,15H2,(H,16,17,18)/t10-/m0/s1. The van der Waals surface area contributed by atoms with Gasteiger partial charge in [-0.1, -0.05) is 0 Å². The van der Waals surface area contributed by atoms with Gasteiger partial charge in [-0.25, -0.2) is 13.8 Å². The zero-order chi connectivity index (χ0) is 13.8. The van der Waals surface area contributed by atoms with Crippen molar-refractivity contribution < 1.29 is 13.6 Å². The third-order valence-corrected chi connectivity index (χ3v) is 3.07. The van der Waals surface area contributed by atoms with Gasteiger partial charge < -0.3 is 11.1 Å². The molecule has 0 radical (unpaired) electrons. The van der Waals surface area contributed by atoms with Gasteiger partial charge in [0.15, 0.2) is 5.13 Å². The molecule has 0 saturated heterocycles. The number of nitrogens with one attached hydrogen (secondary N) is 1. The summed E-state index contributed by atoms with van der Waals surface area (Å²) in [6.07, 6.45) is 1.60. The molecule has 0 spiro atoms. The highest BCUT2D eigenvalue weighted by molar-refractivity contribution is 7.13. The van der Waals surface area contributed by atoms with Gasteiger partial charge in [0.2, 0.25) is 5.91 Å². The molecule has 0 fully saturated rings. The van der Waals surface area contributed by atoms with Gasteiger partial charge in [0, 0.05) is 17.6 Å². The topological polar surface area (TPSA) is 68.0 Å². The Labute approximate surface area is 112 Å². The van der Waals surface area contributed by atoms with Crippen LogP contribution in [-0.4, -0.2) is 16.9 Å². The van der Waals surface area contributed by atoms with Gasteiger partial charge in [0.1, 0.15) is 11.6 Å². The van der Waals surface area contributed by atoms with Gasteiger partial charge in [-0.2, -0.15) is 0 Å². The smallest absolute Gasteiger partial charge is 0.243 e. The molecule has 7 heteroatoms. The van der Waals surface area contributed by atoms with Gasteiger partial charge in [0.25, 0.3) is 0 Å². The Morgan fingerprint density at radius 1 is 1.37 bits per heavy atom. The maximum Gasteiger partial charge on any atom is 0.243 e. The largest absolute Gasteiger partial charge is 0.320 e. The van der Waals surface area contributed by atoms with Crippen molar-refractivity contribution in [3.8, 4) is 0 Å². The Morgan fingerprint density at radius 2 is 2.05 bits per heavy atom. The van der Waals surface area contributed by atoms with E-state index in [0.717, 1.165) is 18.2 Å². The number of hydrogen-bond acceptors (Lipinski definition) is 4. The van der Waals surface area contributed by atoms with Crippen LogP contribution in [0.15, 0.2) is 29.8 Å². The molecule has 0 aliphatic heterocycles. The lowest BCUT2D eigenvalue weighted by molar-refractivity contribution is -0.117. The molecule has 0 aliphatic carbocycles. The van der Waals surface area contributed by atoms with E-state index in [0.29, 0.717) is 10.7 Å². The van der Waals surface area contributed by atoms with E-state index < -0.39 is 23.6 Å². The van der Waals surface area contributed by atoms with Crippen molar-refractivity contribution in [2.75, 3.05) is 5.32 Å². The minimum Gasteiger partial charge on any atom is -0.320 e. The summed E-state index contributed by atoms with van der Waals surface area (Å²) in [5.74, 6) is -1.83. The molecule has 0 unspecified atom stereocenters. The van der Waals surface area contributed by atoms with Crippen LogP contribution in [0, 0.1) is 11.6 Å². The van der Waals surface area contributed by atoms with E-state index in [1.165, 1.54) is 11.3 Å².